The van der Waals surface area contributed by atoms with Gasteiger partial charge in [-0.05, 0) is 13.3 Å². The van der Waals surface area contributed by atoms with Gasteiger partial charge in [0.05, 0.1) is 5.25 Å². The van der Waals surface area contributed by atoms with E-state index in [1.54, 1.807) is 14.0 Å². The molecule has 0 rings (SSSR count). The van der Waals surface area contributed by atoms with Crippen molar-refractivity contribution in [2.24, 2.45) is 0 Å². The van der Waals surface area contributed by atoms with Crippen LogP contribution in [0, 0.1) is 0 Å². The maximum atomic E-state index is 11.7. The van der Waals surface area contributed by atoms with Crippen LogP contribution >= 0.6 is 11.6 Å². The van der Waals surface area contributed by atoms with Crippen molar-refractivity contribution in [2.75, 3.05) is 19.5 Å². The van der Waals surface area contributed by atoms with Gasteiger partial charge in [-0.2, -0.15) is 0 Å². The summed E-state index contributed by atoms with van der Waals surface area (Å²) in [6, 6.07) is 0. The molecule has 86 valence electrons. The van der Waals surface area contributed by atoms with E-state index >= 15 is 0 Å². The molecule has 0 aliphatic rings. The molecule has 1 atom stereocenters. The van der Waals surface area contributed by atoms with E-state index in [4.69, 9.17) is 11.6 Å². The fourth-order valence-electron chi connectivity index (χ4n) is 1.10. The summed E-state index contributed by atoms with van der Waals surface area (Å²) < 4.78 is 24.8. The first-order valence-electron chi connectivity index (χ1n) is 4.98. The van der Waals surface area contributed by atoms with Crippen LogP contribution in [0.3, 0.4) is 0 Å². The number of hydrogen-bond acceptors (Lipinski definition) is 2. The Kier molecular flexibility index (Phi) is 6.74. The van der Waals surface area contributed by atoms with E-state index in [0.29, 0.717) is 6.54 Å². The standard InChI is InChI=1S/C9H20ClNO2S/c1-4-5-6-7-11(3)14(12,13)9(2)8-10/h9H,4-8H2,1-3H3. The van der Waals surface area contributed by atoms with Crippen molar-refractivity contribution in [2.45, 2.75) is 38.4 Å². The van der Waals surface area contributed by atoms with Gasteiger partial charge in [-0.3, -0.25) is 0 Å². The van der Waals surface area contributed by atoms with Crippen LogP contribution in [0.15, 0.2) is 0 Å². The second-order valence-corrected chi connectivity index (χ2v) is 6.31. The number of unbranched alkanes of at least 4 members (excludes halogenated alkanes) is 2. The smallest absolute Gasteiger partial charge is 0.212 e. The maximum absolute atomic E-state index is 11.7. The highest BCUT2D eigenvalue weighted by atomic mass is 35.5. The summed E-state index contributed by atoms with van der Waals surface area (Å²) in [7, 11) is -1.55. The van der Waals surface area contributed by atoms with Crippen LogP contribution in [0.2, 0.25) is 0 Å². The monoisotopic (exact) mass is 241 g/mol. The van der Waals surface area contributed by atoms with Crippen LogP contribution < -0.4 is 0 Å². The third-order valence-electron chi connectivity index (χ3n) is 2.24. The van der Waals surface area contributed by atoms with Crippen molar-refractivity contribution in [3.63, 3.8) is 0 Å². The Morgan fingerprint density at radius 3 is 2.36 bits per heavy atom. The predicted octanol–water partition coefficient (Wildman–Crippen LogP) is 2.07. The van der Waals surface area contributed by atoms with Crippen LogP contribution in [-0.2, 0) is 10.0 Å². The molecule has 0 N–H and O–H groups in total. The highest BCUT2D eigenvalue weighted by Gasteiger charge is 2.24. The minimum Gasteiger partial charge on any atom is -0.212 e. The van der Waals surface area contributed by atoms with Gasteiger partial charge in [-0.15, -0.1) is 11.6 Å². The minimum absolute atomic E-state index is 0.153. The van der Waals surface area contributed by atoms with E-state index in [-0.39, 0.29) is 5.88 Å². The van der Waals surface area contributed by atoms with Crippen molar-refractivity contribution < 1.29 is 8.42 Å². The molecule has 0 aromatic heterocycles. The first kappa shape index (κ1) is 14.2. The van der Waals surface area contributed by atoms with Crippen LogP contribution in [0.1, 0.15) is 33.1 Å². The number of hydrogen-bond donors (Lipinski definition) is 0. The molecule has 0 bridgehead atoms. The lowest BCUT2D eigenvalue weighted by Gasteiger charge is -2.20. The van der Waals surface area contributed by atoms with Crippen LogP contribution in [0.4, 0.5) is 0 Å². The highest BCUT2D eigenvalue weighted by Crippen LogP contribution is 2.09. The lowest BCUT2D eigenvalue weighted by Crippen LogP contribution is -2.36. The average molecular weight is 242 g/mol. The summed E-state index contributed by atoms with van der Waals surface area (Å²) in [6.45, 7) is 4.33. The lowest BCUT2D eigenvalue weighted by molar-refractivity contribution is 0.448. The molecule has 1 unspecified atom stereocenters. The van der Waals surface area contributed by atoms with E-state index in [2.05, 4.69) is 6.92 Å². The van der Waals surface area contributed by atoms with Gasteiger partial charge in [0.2, 0.25) is 10.0 Å². The van der Waals surface area contributed by atoms with Gasteiger partial charge in [0.15, 0.2) is 0 Å². The summed E-state index contributed by atoms with van der Waals surface area (Å²) in [5, 5.41) is -0.490. The van der Waals surface area contributed by atoms with E-state index < -0.39 is 15.3 Å². The van der Waals surface area contributed by atoms with Gasteiger partial charge < -0.3 is 0 Å². The fourth-order valence-corrected chi connectivity index (χ4v) is 2.73. The molecule has 5 heteroatoms. The topological polar surface area (TPSA) is 37.4 Å². The summed E-state index contributed by atoms with van der Waals surface area (Å²) in [4.78, 5) is 0. The zero-order chi connectivity index (χ0) is 11.2. The molecule has 0 radical (unpaired) electrons. The van der Waals surface area contributed by atoms with Gasteiger partial charge in [-0.25, -0.2) is 12.7 Å². The van der Waals surface area contributed by atoms with Crippen molar-refractivity contribution in [3.05, 3.63) is 0 Å². The van der Waals surface area contributed by atoms with Crippen LogP contribution in [0.5, 0.6) is 0 Å². The molecule has 0 aromatic carbocycles. The second kappa shape index (κ2) is 6.64. The summed E-state index contributed by atoms with van der Waals surface area (Å²) >= 11 is 5.54. The molecule has 0 aliphatic heterocycles. The molecule has 0 saturated heterocycles. The number of sulfonamides is 1. The van der Waals surface area contributed by atoms with Gasteiger partial charge in [0.1, 0.15) is 0 Å². The Morgan fingerprint density at radius 1 is 1.36 bits per heavy atom. The van der Waals surface area contributed by atoms with Gasteiger partial charge in [0.25, 0.3) is 0 Å². The number of halogens is 1. The molecular formula is C9H20ClNO2S. The Balaban J connectivity index is 4.15. The highest BCUT2D eigenvalue weighted by molar-refractivity contribution is 7.89. The zero-order valence-corrected chi connectivity index (χ0v) is 10.7. The average Bonchev–Trinajstić information content (AvgIpc) is 2.16. The molecular weight excluding hydrogens is 222 g/mol. The summed E-state index contributed by atoms with van der Waals surface area (Å²) in [5.74, 6) is 0.153. The van der Waals surface area contributed by atoms with Crippen molar-refractivity contribution in [3.8, 4) is 0 Å². The molecule has 0 fully saturated rings. The maximum Gasteiger partial charge on any atom is 0.217 e. The lowest BCUT2D eigenvalue weighted by atomic mass is 10.2. The zero-order valence-electron chi connectivity index (χ0n) is 9.16. The van der Waals surface area contributed by atoms with E-state index in [1.165, 1.54) is 4.31 Å². The molecule has 0 amide bonds. The van der Waals surface area contributed by atoms with E-state index in [0.717, 1.165) is 19.3 Å². The molecule has 0 spiro atoms. The summed E-state index contributed by atoms with van der Waals surface area (Å²) in [6.07, 6.45) is 3.08. The fraction of sp³-hybridized carbons (Fsp3) is 1.00. The van der Waals surface area contributed by atoms with Gasteiger partial charge in [-0.1, -0.05) is 19.8 Å². The SMILES string of the molecule is CCCCCN(C)S(=O)(=O)C(C)CCl. The molecule has 14 heavy (non-hydrogen) atoms. The van der Waals surface area contributed by atoms with Gasteiger partial charge >= 0.3 is 0 Å². The molecule has 0 saturated carbocycles. The first-order valence-corrected chi connectivity index (χ1v) is 7.01. The molecule has 3 nitrogen and oxygen atoms in total. The predicted molar refractivity (Wildman–Crippen MR) is 61.3 cm³/mol. The Hall–Kier alpha value is 0.200. The van der Waals surface area contributed by atoms with Crippen molar-refractivity contribution in [1.29, 1.82) is 0 Å². The van der Waals surface area contributed by atoms with Crippen molar-refractivity contribution >= 4 is 21.6 Å². The van der Waals surface area contributed by atoms with E-state index in [9.17, 15) is 8.42 Å². The van der Waals surface area contributed by atoms with Gasteiger partial charge in [0, 0.05) is 19.5 Å². The second-order valence-electron chi connectivity index (χ2n) is 3.54. The number of nitrogens with zero attached hydrogens (tertiary/aromatic N) is 1. The Bertz CT molecular complexity index is 241. The number of rotatable bonds is 7. The quantitative estimate of drug-likeness (QED) is 0.506. The molecule has 0 aromatic rings. The third kappa shape index (κ3) is 4.15. The van der Waals surface area contributed by atoms with Crippen molar-refractivity contribution in [1.82, 2.24) is 4.31 Å². The third-order valence-corrected chi connectivity index (χ3v) is 5.12. The minimum atomic E-state index is -3.17. The Labute approximate surface area is 92.5 Å². The largest absolute Gasteiger partial charge is 0.217 e. The van der Waals surface area contributed by atoms with Crippen LogP contribution in [-0.4, -0.2) is 37.4 Å². The van der Waals surface area contributed by atoms with E-state index in [1.807, 2.05) is 0 Å². The normalized spacial score (nSPS) is 14.6. The first-order chi connectivity index (χ1) is 6.46. The Morgan fingerprint density at radius 2 is 1.93 bits per heavy atom. The summed E-state index contributed by atoms with van der Waals surface area (Å²) in [5.41, 5.74) is 0. The number of alkyl halides is 1. The van der Waals surface area contributed by atoms with Crippen LogP contribution in [0.25, 0.3) is 0 Å². The molecule has 0 heterocycles. The molecule has 0 aliphatic carbocycles.